The van der Waals surface area contributed by atoms with Crippen molar-refractivity contribution in [3.8, 4) is 0 Å². The Labute approximate surface area is 122 Å². The van der Waals surface area contributed by atoms with Crippen molar-refractivity contribution in [1.29, 1.82) is 0 Å². The van der Waals surface area contributed by atoms with Gasteiger partial charge in [-0.25, -0.2) is 0 Å². The van der Waals surface area contributed by atoms with Gasteiger partial charge in [-0.1, -0.05) is 11.6 Å². The molecule has 1 aliphatic heterocycles. The fourth-order valence-corrected chi connectivity index (χ4v) is 2.79. The number of hydrogen-bond donors (Lipinski definition) is 1. The van der Waals surface area contributed by atoms with Crippen molar-refractivity contribution in [3.05, 3.63) is 35.6 Å². The van der Waals surface area contributed by atoms with Crippen LogP contribution in [-0.4, -0.2) is 35.0 Å². The van der Waals surface area contributed by atoms with Crippen molar-refractivity contribution < 1.29 is 19.1 Å². The van der Waals surface area contributed by atoms with E-state index in [1.807, 2.05) is 25.1 Å². The van der Waals surface area contributed by atoms with Crippen molar-refractivity contribution >= 4 is 22.8 Å². The molecule has 0 unspecified atom stereocenters. The molecule has 1 N–H and O–H groups in total. The van der Waals surface area contributed by atoms with Gasteiger partial charge in [-0.15, -0.1) is 0 Å². The maximum atomic E-state index is 12.5. The Morgan fingerprint density at radius 3 is 2.90 bits per heavy atom. The number of furan rings is 1. The van der Waals surface area contributed by atoms with Crippen LogP contribution in [0.4, 0.5) is 0 Å². The Balaban J connectivity index is 1.84. The van der Waals surface area contributed by atoms with Gasteiger partial charge in [0.1, 0.15) is 5.58 Å². The summed E-state index contributed by atoms with van der Waals surface area (Å²) in [5, 5.41) is 9.99. The predicted octanol–water partition coefficient (Wildman–Crippen LogP) is 2.68. The molecule has 2 heterocycles. The summed E-state index contributed by atoms with van der Waals surface area (Å²) in [6.45, 7) is 2.82. The normalized spacial score (nSPS) is 18.9. The van der Waals surface area contributed by atoms with Crippen LogP contribution in [0.25, 0.3) is 11.0 Å². The largest absolute Gasteiger partial charge is 0.481 e. The second-order valence-corrected chi connectivity index (χ2v) is 5.58. The zero-order valence-electron chi connectivity index (χ0n) is 11.8. The first kappa shape index (κ1) is 13.7. The summed E-state index contributed by atoms with van der Waals surface area (Å²) in [6.07, 6.45) is 1.33. The van der Waals surface area contributed by atoms with E-state index in [0.29, 0.717) is 25.0 Å². The first-order valence-electron chi connectivity index (χ1n) is 7.07. The van der Waals surface area contributed by atoms with Gasteiger partial charge >= 0.3 is 5.97 Å². The van der Waals surface area contributed by atoms with Crippen LogP contribution in [0.2, 0.25) is 0 Å². The van der Waals surface area contributed by atoms with Crippen LogP contribution in [0.5, 0.6) is 0 Å². The average molecular weight is 287 g/mol. The summed E-state index contributed by atoms with van der Waals surface area (Å²) in [5.41, 5.74) is 1.78. The maximum Gasteiger partial charge on any atom is 0.308 e. The molecule has 1 saturated heterocycles. The van der Waals surface area contributed by atoms with E-state index in [0.717, 1.165) is 10.9 Å². The highest BCUT2D eigenvalue weighted by atomic mass is 16.4. The molecule has 2 aromatic rings. The smallest absolute Gasteiger partial charge is 0.308 e. The average Bonchev–Trinajstić information content (AvgIpc) is 2.89. The quantitative estimate of drug-likeness (QED) is 0.921. The van der Waals surface area contributed by atoms with E-state index in [2.05, 4.69) is 0 Å². The molecule has 110 valence electrons. The highest BCUT2D eigenvalue weighted by Crippen LogP contribution is 2.24. The van der Waals surface area contributed by atoms with E-state index >= 15 is 0 Å². The Morgan fingerprint density at radius 1 is 1.33 bits per heavy atom. The van der Waals surface area contributed by atoms with E-state index in [1.54, 1.807) is 11.0 Å². The standard InChI is InChI=1S/C16H17NO4/c1-10-4-5-13-12(7-10)8-14(21-13)15(18)17-6-2-3-11(9-17)16(19)20/h4-5,7-8,11H,2-3,6,9H2,1H3,(H,19,20)/t11-/m0/s1. The topological polar surface area (TPSA) is 70.8 Å². The van der Waals surface area contributed by atoms with E-state index in [9.17, 15) is 9.59 Å². The molecule has 5 nitrogen and oxygen atoms in total. The summed E-state index contributed by atoms with van der Waals surface area (Å²) in [7, 11) is 0. The van der Waals surface area contributed by atoms with Crippen molar-refractivity contribution in [2.75, 3.05) is 13.1 Å². The van der Waals surface area contributed by atoms with Gasteiger partial charge in [0.25, 0.3) is 5.91 Å². The number of aryl methyl sites for hydroxylation is 1. The fourth-order valence-electron chi connectivity index (χ4n) is 2.79. The molecule has 3 rings (SSSR count). The minimum atomic E-state index is -0.840. The summed E-state index contributed by atoms with van der Waals surface area (Å²) in [6, 6.07) is 7.47. The molecule has 5 heteroatoms. The van der Waals surface area contributed by atoms with E-state index in [1.165, 1.54) is 0 Å². The number of likely N-dealkylation sites (tertiary alicyclic amines) is 1. The Hall–Kier alpha value is -2.30. The molecule has 0 bridgehead atoms. The van der Waals surface area contributed by atoms with E-state index in [-0.39, 0.29) is 18.2 Å². The van der Waals surface area contributed by atoms with Gasteiger partial charge in [0, 0.05) is 18.5 Å². The van der Waals surface area contributed by atoms with Gasteiger partial charge in [0.05, 0.1) is 5.92 Å². The number of amides is 1. The monoisotopic (exact) mass is 287 g/mol. The molecule has 1 amide bonds. The van der Waals surface area contributed by atoms with Crippen molar-refractivity contribution in [2.45, 2.75) is 19.8 Å². The highest BCUT2D eigenvalue weighted by Gasteiger charge is 2.29. The number of nitrogens with zero attached hydrogens (tertiary/aromatic N) is 1. The SMILES string of the molecule is Cc1ccc2oc(C(=O)N3CCC[C@H](C(=O)O)C3)cc2c1. The first-order valence-corrected chi connectivity index (χ1v) is 7.07. The molecule has 21 heavy (non-hydrogen) atoms. The van der Waals surface area contributed by atoms with Crippen LogP contribution in [0, 0.1) is 12.8 Å². The van der Waals surface area contributed by atoms with Crippen molar-refractivity contribution in [3.63, 3.8) is 0 Å². The molecule has 1 aliphatic rings. The molecule has 0 aliphatic carbocycles. The number of aliphatic carboxylic acids is 1. The summed E-state index contributed by atoms with van der Waals surface area (Å²) in [5.74, 6) is -1.27. The highest BCUT2D eigenvalue weighted by molar-refractivity contribution is 5.96. The zero-order valence-corrected chi connectivity index (χ0v) is 11.8. The number of carbonyl (C=O) groups is 2. The van der Waals surface area contributed by atoms with Crippen LogP contribution in [0.3, 0.4) is 0 Å². The third kappa shape index (κ3) is 2.63. The number of rotatable bonds is 2. The summed E-state index contributed by atoms with van der Waals surface area (Å²) < 4.78 is 5.60. The lowest BCUT2D eigenvalue weighted by Crippen LogP contribution is -2.42. The van der Waals surface area contributed by atoms with Gasteiger partial charge in [-0.05, 0) is 38.0 Å². The van der Waals surface area contributed by atoms with Crippen molar-refractivity contribution in [2.24, 2.45) is 5.92 Å². The lowest BCUT2D eigenvalue weighted by atomic mass is 9.98. The van der Waals surface area contributed by atoms with Crippen LogP contribution in [-0.2, 0) is 4.79 Å². The van der Waals surface area contributed by atoms with E-state index < -0.39 is 11.9 Å². The summed E-state index contributed by atoms with van der Waals surface area (Å²) >= 11 is 0. The van der Waals surface area contributed by atoms with Gasteiger partial charge in [0.15, 0.2) is 5.76 Å². The molecular weight excluding hydrogens is 270 g/mol. The van der Waals surface area contributed by atoms with Gasteiger partial charge in [-0.3, -0.25) is 9.59 Å². The molecular formula is C16H17NO4. The Bertz CT molecular complexity index is 703. The lowest BCUT2D eigenvalue weighted by Gasteiger charge is -2.29. The number of hydrogen-bond acceptors (Lipinski definition) is 3. The van der Waals surface area contributed by atoms with Gasteiger partial charge < -0.3 is 14.4 Å². The number of piperidine rings is 1. The summed E-state index contributed by atoms with van der Waals surface area (Å²) in [4.78, 5) is 25.1. The third-order valence-corrected chi connectivity index (χ3v) is 3.94. The predicted molar refractivity (Wildman–Crippen MR) is 77.2 cm³/mol. The Kier molecular flexibility index (Phi) is 3.41. The molecule has 1 fully saturated rings. The molecule has 1 aromatic heterocycles. The Morgan fingerprint density at radius 2 is 2.14 bits per heavy atom. The second kappa shape index (κ2) is 5.24. The van der Waals surface area contributed by atoms with Crippen LogP contribution < -0.4 is 0 Å². The van der Waals surface area contributed by atoms with E-state index in [4.69, 9.17) is 9.52 Å². The second-order valence-electron chi connectivity index (χ2n) is 5.58. The molecule has 1 atom stereocenters. The van der Waals surface area contributed by atoms with Crippen LogP contribution >= 0.6 is 0 Å². The number of carboxylic acid groups (broad SMARTS) is 1. The number of carboxylic acids is 1. The first-order chi connectivity index (χ1) is 10.0. The van der Waals surface area contributed by atoms with Crippen LogP contribution in [0.15, 0.2) is 28.7 Å². The number of fused-ring (bicyclic) bond motifs is 1. The molecule has 1 aromatic carbocycles. The minimum absolute atomic E-state index is 0.227. The lowest BCUT2D eigenvalue weighted by molar-refractivity contribution is -0.143. The number of benzene rings is 1. The maximum absolute atomic E-state index is 12.5. The zero-order chi connectivity index (χ0) is 15.0. The van der Waals surface area contributed by atoms with Crippen LogP contribution in [0.1, 0.15) is 29.0 Å². The number of carbonyl (C=O) groups excluding carboxylic acids is 1. The molecule has 0 radical (unpaired) electrons. The minimum Gasteiger partial charge on any atom is -0.481 e. The fraction of sp³-hybridized carbons (Fsp3) is 0.375. The molecule has 0 spiro atoms. The molecule has 0 saturated carbocycles. The van der Waals surface area contributed by atoms with Crippen molar-refractivity contribution in [1.82, 2.24) is 4.90 Å². The third-order valence-electron chi connectivity index (χ3n) is 3.94. The van der Waals surface area contributed by atoms with Gasteiger partial charge in [0.2, 0.25) is 0 Å². The van der Waals surface area contributed by atoms with Gasteiger partial charge in [-0.2, -0.15) is 0 Å².